The van der Waals surface area contributed by atoms with Crippen LogP contribution in [-0.4, -0.2) is 55.1 Å². The van der Waals surface area contributed by atoms with Crippen molar-refractivity contribution in [1.82, 2.24) is 9.80 Å². The van der Waals surface area contributed by atoms with Gasteiger partial charge in [-0.3, -0.25) is 4.90 Å². The first-order valence-electron chi connectivity index (χ1n) is 7.33. The second kappa shape index (κ2) is 5.68. The molecule has 2 fully saturated rings. The van der Waals surface area contributed by atoms with E-state index in [1.165, 1.54) is 58.3 Å². The maximum atomic E-state index is 6.09. The molecule has 0 aromatic carbocycles. The fourth-order valence-corrected chi connectivity index (χ4v) is 3.78. The van der Waals surface area contributed by atoms with Gasteiger partial charge in [0, 0.05) is 25.2 Å². The van der Waals surface area contributed by atoms with E-state index < -0.39 is 0 Å². The van der Waals surface area contributed by atoms with E-state index in [4.69, 9.17) is 5.73 Å². The molecular formula is C14H29N3. The molecular weight excluding hydrogens is 210 g/mol. The summed E-state index contributed by atoms with van der Waals surface area (Å²) in [4.78, 5) is 5.16. The van der Waals surface area contributed by atoms with Crippen molar-refractivity contribution in [3.63, 3.8) is 0 Å². The zero-order valence-corrected chi connectivity index (χ0v) is 11.6. The zero-order valence-electron chi connectivity index (χ0n) is 11.6. The second-order valence-electron chi connectivity index (χ2n) is 6.07. The van der Waals surface area contributed by atoms with E-state index in [1.807, 2.05) is 0 Å². The number of likely N-dealkylation sites (N-methyl/N-ethyl adjacent to an activating group) is 1. The van der Waals surface area contributed by atoms with E-state index in [2.05, 4.69) is 23.8 Å². The molecule has 2 atom stereocenters. The van der Waals surface area contributed by atoms with Crippen LogP contribution in [0.1, 0.15) is 39.0 Å². The van der Waals surface area contributed by atoms with Crippen LogP contribution >= 0.6 is 0 Å². The first kappa shape index (κ1) is 13.3. The average molecular weight is 239 g/mol. The van der Waals surface area contributed by atoms with Crippen molar-refractivity contribution in [2.45, 2.75) is 44.6 Å². The lowest BCUT2D eigenvalue weighted by Crippen LogP contribution is -2.55. The third kappa shape index (κ3) is 2.67. The zero-order chi connectivity index (χ0) is 12.3. The first-order valence-corrected chi connectivity index (χ1v) is 7.33. The summed E-state index contributed by atoms with van der Waals surface area (Å²) in [5, 5.41) is 0. The number of hydrogen-bond donors (Lipinski definition) is 1. The van der Waals surface area contributed by atoms with Crippen LogP contribution in [0.4, 0.5) is 0 Å². The van der Waals surface area contributed by atoms with Crippen molar-refractivity contribution in [2.24, 2.45) is 11.7 Å². The Hall–Kier alpha value is -0.120. The lowest BCUT2D eigenvalue weighted by molar-refractivity contribution is 0.0816. The minimum absolute atomic E-state index is 0.291. The van der Waals surface area contributed by atoms with Gasteiger partial charge in [0.05, 0.1) is 0 Å². The summed E-state index contributed by atoms with van der Waals surface area (Å²) in [5.41, 5.74) is 6.38. The van der Waals surface area contributed by atoms with Crippen molar-refractivity contribution in [3.8, 4) is 0 Å². The summed E-state index contributed by atoms with van der Waals surface area (Å²) < 4.78 is 0. The molecule has 2 aliphatic rings. The Bertz CT molecular complexity index is 238. The van der Waals surface area contributed by atoms with Gasteiger partial charge in [-0.05, 0) is 51.7 Å². The van der Waals surface area contributed by atoms with Gasteiger partial charge in [-0.2, -0.15) is 0 Å². The molecule has 2 N–H and O–H groups in total. The highest BCUT2D eigenvalue weighted by atomic mass is 15.2. The molecule has 17 heavy (non-hydrogen) atoms. The maximum absolute atomic E-state index is 6.09. The van der Waals surface area contributed by atoms with Gasteiger partial charge in [0.15, 0.2) is 0 Å². The molecule has 3 nitrogen and oxygen atoms in total. The molecule has 0 aromatic heterocycles. The quantitative estimate of drug-likeness (QED) is 0.790. The Morgan fingerprint density at radius 1 is 1.29 bits per heavy atom. The molecule has 2 unspecified atom stereocenters. The Labute approximate surface area is 106 Å². The highest BCUT2D eigenvalue weighted by Gasteiger charge is 2.42. The third-order valence-corrected chi connectivity index (χ3v) is 5.23. The van der Waals surface area contributed by atoms with E-state index in [0.717, 1.165) is 12.5 Å². The van der Waals surface area contributed by atoms with Crippen LogP contribution in [0.5, 0.6) is 0 Å². The summed E-state index contributed by atoms with van der Waals surface area (Å²) in [7, 11) is 2.28. The van der Waals surface area contributed by atoms with Crippen LogP contribution in [0, 0.1) is 5.92 Å². The number of rotatable bonds is 5. The molecule has 0 bridgehead atoms. The molecule has 0 radical (unpaired) electrons. The van der Waals surface area contributed by atoms with Gasteiger partial charge < -0.3 is 10.6 Å². The fraction of sp³-hybridized carbons (Fsp3) is 1.00. The monoisotopic (exact) mass is 239 g/mol. The number of hydrogen-bond acceptors (Lipinski definition) is 3. The van der Waals surface area contributed by atoms with Crippen LogP contribution in [0.2, 0.25) is 0 Å². The minimum Gasteiger partial charge on any atom is -0.329 e. The molecule has 1 heterocycles. The molecule has 1 saturated carbocycles. The molecule has 0 amide bonds. The minimum atomic E-state index is 0.291. The highest BCUT2D eigenvalue weighted by Crippen LogP contribution is 2.38. The Kier molecular flexibility index (Phi) is 4.45. The summed E-state index contributed by atoms with van der Waals surface area (Å²) >= 11 is 0. The lowest BCUT2D eigenvalue weighted by atomic mass is 9.87. The molecule has 3 heteroatoms. The van der Waals surface area contributed by atoms with Crippen LogP contribution in [0.3, 0.4) is 0 Å². The predicted octanol–water partition coefficient (Wildman–Crippen LogP) is 1.53. The average Bonchev–Trinajstić information content (AvgIpc) is 2.95. The van der Waals surface area contributed by atoms with Crippen molar-refractivity contribution in [1.29, 1.82) is 0 Å². The second-order valence-corrected chi connectivity index (χ2v) is 6.07. The normalized spacial score (nSPS) is 34.9. The molecule has 1 aliphatic carbocycles. The number of nitrogens with zero attached hydrogens (tertiary/aromatic N) is 2. The van der Waals surface area contributed by atoms with E-state index in [0.29, 0.717) is 5.54 Å². The first-order chi connectivity index (χ1) is 8.19. The molecule has 1 saturated heterocycles. The van der Waals surface area contributed by atoms with Gasteiger partial charge in [-0.1, -0.05) is 13.3 Å². The van der Waals surface area contributed by atoms with Crippen LogP contribution in [0.15, 0.2) is 0 Å². The van der Waals surface area contributed by atoms with Crippen LogP contribution < -0.4 is 5.73 Å². The summed E-state index contributed by atoms with van der Waals surface area (Å²) in [6, 6.07) is 0. The Balaban J connectivity index is 1.86. The Morgan fingerprint density at radius 2 is 2.00 bits per heavy atom. The molecule has 0 spiro atoms. The summed E-state index contributed by atoms with van der Waals surface area (Å²) in [5.74, 6) is 0.760. The largest absolute Gasteiger partial charge is 0.329 e. The third-order valence-electron chi connectivity index (χ3n) is 5.23. The molecule has 1 aliphatic heterocycles. The SMILES string of the molecule is CC1CCCC1(CN)N(C)CCN1CCCC1. The lowest BCUT2D eigenvalue weighted by Gasteiger charge is -2.42. The standard InChI is InChI=1S/C14H29N3/c1-13-6-5-7-14(13,12-15)16(2)10-11-17-8-3-4-9-17/h13H,3-12,15H2,1-2H3. The van der Waals surface area contributed by atoms with Gasteiger partial charge >= 0.3 is 0 Å². The fourth-order valence-electron chi connectivity index (χ4n) is 3.78. The van der Waals surface area contributed by atoms with Gasteiger partial charge in [0.2, 0.25) is 0 Å². The van der Waals surface area contributed by atoms with E-state index in [-0.39, 0.29) is 0 Å². The Morgan fingerprint density at radius 3 is 2.53 bits per heavy atom. The van der Waals surface area contributed by atoms with Gasteiger partial charge in [-0.15, -0.1) is 0 Å². The van der Waals surface area contributed by atoms with Crippen LogP contribution in [-0.2, 0) is 0 Å². The number of likely N-dealkylation sites (tertiary alicyclic amines) is 1. The summed E-state index contributed by atoms with van der Waals surface area (Å²) in [6.07, 6.45) is 6.78. The highest BCUT2D eigenvalue weighted by molar-refractivity contribution is 4.99. The van der Waals surface area contributed by atoms with Gasteiger partial charge in [0.25, 0.3) is 0 Å². The van der Waals surface area contributed by atoms with E-state index in [9.17, 15) is 0 Å². The molecule has 0 aromatic rings. The van der Waals surface area contributed by atoms with Crippen molar-refractivity contribution in [3.05, 3.63) is 0 Å². The summed E-state index contributed by atoms with van der Waals surface area (Å²) in [6.45, 7) is 8.22. The van der Waals surface area contributed by atoms with Gasteiger partial charge in [0.1, 0.15) is 0 Å². The van der Waals surface area contributed by atoms with Crippen LogP contribution in [0.25, 0.3) is 0 Å². The smallest absolute Gasteiger partial charge is 0.0354 e. The van der Waals surface area contributed by atoms with Crippen molar-refractivity contribution in [2.75, 3.05) is 39.8 Å². The van der Waals surface area contributed by atoms with Gasteiger partial charge in [-0.25, -0.2) is 0 Å². The maximum Gasteiger partial charge on any atom is 0.0354 e. The van der Waals surface area contributed by atoms with E-state index in [1.54, 1.807) is 0 Å². The topological polar surface area (TPSA) is 32.5 Å². The van der Waals surface area contributed by atoms with Crippen molar-refractivity contribution < 1.29 is 0 Å². The van der Waals surface area contributed by atoms with Crippen molar-refractivity contribution >= 4 is 0 Å². The van der Waals surface area contributed by atoms with E-state index >= 15 is 0 Å². The molecule has 100 valence electrons. The molecule has 2 rings (SSSR count). The predicted molar refractivity (Wildman–Crippen MR) is 73.1 cm³/mol. The number of nitrogens with two attached hydrogens (primary N) is 1.